The van der Waals surface area contributed by atoms with Crippen molar-refractivity contribution in [1.29, 1.82) is 0 Å². The van der Waals surface area contributed by atoms with Crippen LogP contribution in [0.2, 0.25) is 0 Å². The van der Waals surface area contributed by atoms with Gasteiger partial charge in [0.15, 0.2) is 0 Å². The van der Waals surface area contributed by atoms with Crippen molar-refractivity contribution in [2.45, 2.75) is 13.5 Å². The predicted molar refractivity (Wildman–Crippen MR) is 59.1 cm³/mol. The summed E-state index contributed by atoms with van der Waals surface area (Å²) in [6.07, 6.45) is 1.83. The Kier molecular flexibility index (Phi) is 2.75. The van der Waals surface area contributed by atoms with Gasteiger partial charge in [0.05, 0.1) is 5.52 Å². The second-order valence-corrected chi connectivity index (χ2v) is 3.31. The number of nitrogens with one attached hydrogen (secondary N) is 1. The van der Waals surface area contributed by atoms with E-state index in [1.165, 1.54) is 10.9 Å². The smallest absolute Gasteiger partial charge is 0.0705 e. The first-order chi connectivity index (χ1) is 6.90. The van der Waals surface area contributed by atoms with Crippen molar-refractivity contribution < 1.29 is 0 Å². The van der Waals surface area contributed by atoms with Crippen molar-refractivity contribution >= 4 is 10.9 Å². The van der Waals surface area contributed by atoms with E-state index in [9.17, 15) is 0 Å². The predicted octanol–water partition coefficient (Wildman–Crippen LogP) is 2.34. The second-order valence-electron chi connectivity index (χ2n) is 3.31. The normalized spacial score (nSPS) is 10.6. The van der Waals surface area contributed by atoms with Crippen LogP contribution in [-0.2, 0) is 6.54 Å². The van der Waals surface area contributed by atoms with E-state index in [1.54, 1.807) is 0 Å². The van der Waals surface area contributed by atoms with Crippen molar-refractivity contribution in [2.24, 2.45) is 0 Å². The van der Waals surface area contributed by atoms with E-state index in [-0.39, 0.29) is 0 Å². The van der Waals surface area contributed by atoms with Crippen LogP contribution in [0.3, 0.4) is 0 Å². The van der Waals surface area contributed by atoms with E-state index < -0.39 is 0 Å². The molecule has 0 radical (unpaired) electrons. The summed E-state index contributed by atoms with van der Waals surface area (Å²) in [7, 11) is 0. The number of hydrogen-bond acceptors (Lipinski definition) is 2. The van der Waals surface area contributed by atoms with Gasteiger partial charge in [0.25, 0.3) is 0 Å². The number of pyridine rings is 1. The van der Waals surface area contributed by atoms with Crippen LogP contribution in [0.4, 0.5) is 0 Å². The minimum absolute atomic E-state index is 0.920. The molecule has 0 spiro atoms. The largest absolute Gasteiger partial charge is 0.313 e. The molecule has 0 bridgehead atoms. The lowest BCUT2D eigenvalue weighted by Gasteiger charge is -2.03. The Morgan fingerprint density at radius 3 is 3.07 bits per heavy atom. The molecule has 0 aliphatic carbocycles. The highest BCUT2D eigenvalue weighted by Crippen LogP contribution is 2.12. The fourth-order valence-electron chi connectivity index (χ4n) is 1.49. The highest BCUT2D eigenvalue weighted by molar-refractivity contribution is 5.78. The number of hydrogen-bond donors (Lipinski definition) is 1. The summed E-state index contributed by atoms with van der Waals surface area (Å²) in [5.74, 6) is 0. The molecule has 0 saturated carbocycles. The third kappa shape index (κ3) is 1.91. The summed E-state index contributed by atoms with van der Waals surface area (Å²) in [5, 5.41) is 4.50. The van der Waals surface area contributed by atoms with E-state index in [0.29, 0.717) is 0 Å². The molecule has 1 aromatic heterocycles. The van der Waals surface area contributed by atoms with E-state index in [0.717, 1.165) is 18.6 Å². The molecule has 0 aliphatic heterocycles. The lowest BCUT2D eigenvalue weighted by atomic mass is 10.1. The maximum atomic E-state index is 4.32. The van der Waals surface area contributed by atoms with Crippen molar-refractivity contribution in [1.82, 2.24) is 10.3 Å². The topological polar surface area (TPSA) is 24.9 Å². The van der Waals surface area contributed by atoms with Gasteiger partial charge in [-0.2, -0.15) is 0 Å². The Morgan fingerprint density at radius 2 is 2.21 bits per heavy atom. The highest BCUT2D eigenvalue weighted by Gasteiger charge is 1.95. The summed E-state index contributed by atoms with van der Waals surface area (Å²) in [6, 6.07) is 10.4. The number of aromatic nitrogens is 1. The molecular weight excluding hydrogens is 172 g/mol. The molecule has 2 aromatic rings. The maximum Gasteiger partial charge on any atom is 0.0705 e. The number of benzene rings is 1. The second kappa shape index (κ2) is 4.20. The first kappa shape index (κ1) is 9.16. The zero-order valence-electron chi connectivity index (χ0n) is 8.33. The number of nitrogens with zero attached hydrogens (tertiary/aromatic N) is 1. The molecule has 0 saturated heterocycles. The Morgan fingerprint density at radius 1 is 1.29 bits per heavy atom. The van der Waals surface area contributed by atoms with E-state index >= 15 is 0 Å². The van der Waals surface area contributed by atoms with Gasteiger partial charge in [0.2, 0.25) is 0 Å². The molecule has 2 nitrogen and oxygen atoms in total. The Bertz CT molecular complexity index is 423. The average molecular weight is 186 g/mol. The maximum absolute atomic E-state index is 4.32. The first-order valence-corrected chi connectivity index (χ1v) is 4.94. The molecule has 2 rings (SSSR count). The van der Waals surface area contributed by atoms with Crippen molar-refractivity contribution in [3.8, 4) is 0 Å². The van der Waals surface area contributed by atoms with Gasteiger partial charge in [-0.15, -0.1) is 0 Å². The molecule has 1 heterocycles. The minimum atomic E-state index is 0.920. The lowest BCUT2D eigenvalue weighted by Crippen LogP contribution is -2.11. The SMILES string of the molecule is CCNCc1ccc2cccnc2c1. The highest BCUT2D eigenvalue weighted by atomic mass is 14.8. The molecule has 1 aromatic carbocycles. The summed E-state index contributed by atoms with van der Waals surface area (Å²) in [4.78, 5) is 4.32. The number of fused-ring (bicyclic) bond motifs is 1. The molecule has 1 N–H and O–H groups in total. The van der Waals surface area contributed by atoms with E-state index in [1.807, 2.05) is 12.3 Å². The molecule has 0 aliphatic rings. The summed E-state index contributed by atoms with van der Waals surface area (Å²) < 4.78 is 0. The van der Waals surface area contributed by atoms with Gasteiger partial charge in [0, 0.05) is 18.1 Å². The van der Waals surface area contributed by atoms with Crippen LogP contribution in [-0.4, -0.2) is 11.5 Å². The van der Waals surface area contributed by atoms with Crippen LogP contribution < -0.4 is 5.32 Å². The molecular formula is C12H14N2. The van der Waals surface area contributed by atoms with Crippen LogP contribution in [0.25, 0.3) is 10.9 Å². The van der Waals surface area contributed by atoms with Crippen molar-refractivity contribution in [2.75, 3.05) is 6.54 Å². The third-order valence-electron chi connectivity index (χ3n) is 2.25. The van der Waals surface area contributed by atoms with Gasteiger partial charge in [0.1, 0.15) is 0 Å². The Balaban J connectivity index is 2.32. The van der Waals surface area contributed by atoms with Gasteiger partial charge < -0.3 is 5.32 Å². The third-order valence-corrected chi connectivity index (χ3v) is 2.25. The monoisotopic (exact) mass is 186 g/mol. The zero-order chi connectivity index (χ0) is 9.80. The van der Waals surface area contributed by atoms with Gasteiger partial charge in [-0.25, -0.2) is 0 Å². The molecule has 0 fully saturated rings. The van der Waals surface area contributed by atoms with Gasteiger partial charge in [-0.3, -0.25) is 4.98 Å². The zero-order valence-corrected chi connectivity index (χ0v) is 8.33. The Hall–Kier alpha value is -1.41. The summed E-state index contributed by atoms with van der Waals surface area (Å²) >= 11 is 0. The van der Waals surface area contributed by atoms with Gasteiger partial charge in [-0.05, 0) is 24.2 Å². The van der Waals surface area contributed by atoms with Gasteiger partial charge >= 0.3 is 0 Å². The molecule has 14 heavy (non-hydrogen) atoms. The lowest BCUT2D eigenvalue weighted by molar-refractivity contribution is 0.727. The fraction of sp³-hybridized carbons (Fsp3) is 0.250. The fourth-order valence-corrected chi connectivity index (χ4v) is 1.49. The molecule has 0 unspecified atom stereocenters. The summed E-state index contributed by atoms with van der Waals surface area (Å²) in [5.41, 5.74) is 2.36. The standard InChI is InChI=1S/C12H14N2/c1-2-13-9-10-5-6-11-4-3-7-14-12(11)8-10/h3-8,13H,2,9H2,1H3. The van der Waals surface area contributed by atoms with E-state index in [2.05, 4.69) is 41.5 Å². The molecule has 0 amide bonds. The molecule has 72 valence electrons. The summed E-state index contributed by atoms with van der Waals surface area (Å²) in [6.45, 7) is 4.03. The van der Waals surface area contributed by atoms with Crippen LogP contribution in [0.5, 0.6) is 0 Å². The van der Waals surface area contributed by atoms with Crippen molar-refractivity contribution in [3.63, 3.8) is 0 Å². The van der Waals surface area contributed by atoms with Crippen LogP contribution in [0.15, 0.2) is 36.5 Å². The minimum Gasteiger partial charge on any atom is -0.313 e. The van der Waals surface area contributed by atoms with Crippen LogP contribution in [0.1, 0.15) is 12.5 Å². The van der Waals surface area contributed by atoms with Crippen LogP contribution in [0, 0.1) is 0 Å². The van der Waals surface area contributed by atoms with Crippen LogP contribution >= 0.6 is 0 Å². The molecule has 0 atom stereocenters. The first-order valence-electron chi connectivity index (χ1n) is 4.94. The quantitative estimate of drug-likeness (QED) is 0.795. The number of rotatable bonds is 3. The van der Waals surface area contributed by atoms with Gasteiger partial charge in [-0.1, -0.05) is 25.1 Å². The van der Waals surface area contributed by atoms with E-state index in [4.69, 9.17) is 0 Å². The molecule has 2 heteroatoms. The average Bonchev–Trinajstić information content (AvgIpc) is 2.26. The van der Waals surface area contributed by atoms with Crippen molar-refractivity contribution in [3.05, 3.63) is 42.1 Å². The Labute approximate surface area is 84.0 Å².